The van der Waals surface area contributed by atoms with Crippen molar-refractivity contribution in [3.05, 3.63) is 42.2 Å². The predicted molar refractivity (Wildman–Crippen MR) is 91.6 cm³/mol. The van der Waals surface area contributed by atoms with Crippen LogP contribution in [-0.4, -0.2) is 40.3 Å². The zero-order chi connectivity index (χ0) is 16.4. The van der Waals surface area contributed by atoms with Crippen molar-refractivity contribution >= 4 is 17.4 Å². The summed E-state index contributed by atoms with van der Waals surface area (Å²) in [5, 5.41) is 7.15. The monoisotopic (exact) mass is 313 g/mol. The Kier molecular flexibility index (Phi) is 4.23. The Labute approximate surface area is 136 Å². The zero-order valence-electron chi connectivity index (χ0n) is 13.9. The molecule has 1 aliphatic heterocycles. The van der Waals surface area contributed by atoms with Crippen LogP contribution >= 0.6 is 0 Å². The molecule has 1 aliphatic rings. The number of anilines is 2. The summed E-state index contributed by atoms with van der Waals surface area (Å²) >= 11 is 0. The summed E-state index contributed by atoms with van der Waals surface area (Å²) in [6, 6.07) is 8.28. The maximum Gasteiger partial charge on any atom is 0.322 e. The number of likely N-dealkylation sites (N-methyl/N-ethyl adjacent to an activating group) is 1. The van der Waals surface area contributed by atoms with Gasteiger partial charge in [-0.15, -0.1) is 0 Å². The number of carbonyl (C=O) groups is 1. The van der Waals surface area contributed by atoms with E-state index < -0.39 is 0 Å². The van der Waals surface area contributed by atoms with Crippen molar-refractivity contribution in [2.24, 2.45) is 0 Å². The molecule has 0 fully saturated rings. The number of benzene rings is 1. The lowest BCUT2D eigenvalue weighted by molar-refractivity contribution is 0.192. The van der Waals surface area contributed by atoms with E-state index >= 15 is 0 Å². The van der Waals surface area contributed by atoms with E-state index in [2.05, 4.69) is 41.4 Å². The van der Waals surface area contributed by atoms with E-state index in [9.17, 15) is 4.79 Å². The van der Waals surface area contributed by atoms with Gasteiger partial charge >= 0.3 is 6.03 Å². The molecule has 2 aromatic rings. The first-order chi connectivity index (χ1) is 11.1. The van der Waals surface area contributed by atoms with E-state index in [1.165, 1.54) is 11.3 Å². The highest BCUT2D eigenvalue weighted by Crippen LogP contribution is 2.26. The van der Waals surface area contributed by atoms with E-state index in [0.717, 1.165) is 18.8 Å². The Morgan fingerprint density at radius 3 is 2.91 bits per heavy atom. The Morgan fingerprint density at radius 1 is 1.39 bits per heavy atom. The van der Waals surface area contributed by atoms with Crippen LogP contribution < -0.4 is 10.2 Å². The van der Waals surface area contributed by atoms with Crippen molar-refractivity contribution in [2.75, 3.05) is 23.8 Å². The summed E-state index contributed by atoms with van der Waals surface area (Å²) < 4.78 is 1.80. The van der Waals surface area contributed by atoms with E-state index in [4.69, 9.17) is 0 Å². The van der Waals surface area contributed by atoms with Gasteiger partial charge in [-0.25, -0.2) is 4.79 Å². The molecule has 1 aromatic heterocycles. The molecule has 23 heavy (non-hydrogen) atoms. The minimum atomic E-state index is -0.0849. The van der Waals surface area contributed by atoms with Crippen molar-refractivity contribution < 1.29 is 4.79 Å². The first-order valence-corrected chi connectivity index (χ1v) is 7.97. The zero-order valence-corrected chi connectivity index (χ0v) is 13.9. The molecule has 0 aliphatic carbocycles. The van der Waals surface area contributed by atoms with Crippen LogP contribution in [0, 0.1) is 0 Å². The number of rotatable bonds is 2. The number of carbonyl (C=O) groups excluding carboxylic acids is 1. The van der Waals surface area contributed by atoms with E-state index in [1.54, 1.807) is 10.9 Å². The molecule has 2 amide bonds. The highest BCUT2D eigenvalue weighted by atomic mass is 16.2. The number of hydrogen-bond acceptors (Lipinski definition) is 3. The van der Waals surface area contributed by atoms with Gasteiger partial charge in [0.2, 0.25) is 0 Å². The molecule has 2 heterocycles. The Balaban J connectivity index is 1.79. The van der Waals surface area contributed by atoms with Gasteiger partial charge in [-0.05, 0) is 25.5 Å². The maximum atomic E-state index is 12.7. The standard InChI is InChI=1S/C17H23N5O/c1-4-21-12-15(9-18-21)19-17(23)22-11-14-7-5-6-8-16(14)20(3)10-13(22)2/h5-9,12-13H,4,10-11H2,1-3H3,(H,19,23)/t13-/m1/s1. The number of aromatic nitrogens is 2. The van der Waals surface area contributed by atoms with Crippen molar-refractivity contribution in [3.8, 4) is 0 Å². The molecule has 6 nitrogen and oxygen atoms in total. The van der Waals surface area contributed by atoms with Gasteiger partial charge in [-0.1, -0.05) is 18.2 Å². The highest BCUT2D eigenvalue weighted by molar-refractivity contribution is 5.89. The largest absolute Gasteiger partial charge is 0.372 e. The van der Waals surface area contributed by atoms with Gasteiger partial charge < -0.3 is 15.1 Å². The second kappa shape index (κ2) is 6.32. The van der Waals surface area contributed by atoms with Crippen LogP contribution in [0.5, 0.6) is 0 Å². The van der Waals surface area contributed by atoms with Crippen LogP contribution in [0.1, 0.15) is 19.4 Å². The number of nitrogens with zero attached hydrogens (tertiary/aromatic N) is 4. The van der Waals surface area contributed by atoms with Crippen molar-refractivity contribution in [1.29, 1.82) is 0 Å². The smallest absolute Gasteiger partial charge is 0.322 e. The van der Waals surface area contributed by atoms with Gasteiger partial charge in [0.05, 0.1) is 11.9 Å². The number of aryl methyl sites for hydroxylation is 1. The topological polar surface area (TPSA) is 53.4 Å². The molecule has 1 atom stereocenters. The van der Waals surface area contributed by atoms with Crippen LogP contribution in [0.3, 0.4) is 0 Å². The molecule has 0 radical (unpaired) electrons. The second-order valence-corrected chi connectivity index (χ2v) is 6.00. The van der Waals surface area contributed by atoms with Gasteiger partial charge in [-0.3, -0.25) is 4.68 Å². The number of amides is 2. The first-order valence-electron chi connectivity index (χ1n) is 7.97. The van der Waals surface area contributed by atoms with Gasteiger partial charge in [0.25, 0.3) is 0 Å². The third-order valence-corrected chi connectivity index (χ3v) is 4.28. The van der Waals surface area contributed by atoms with Crippen molar-refractivity contribution in [1.82, 2.24) is 14.7 Å². The van der Waals surface area contributed by atoms with Gasteiger partial charge in [0, 0.05) is 44.6 Å². The fourth-order valence-electron chi connectivity index (χ4n) is 3.02. The molecule has 0 saturated carbocycles. The average Bonchev–Trinajstić information content (AvgIpc) is 2.95. The minimum absolute atomic E-state index is 0.0849. The summed E-state index contributed by atoms with van der Waals surface area (Å²) in [6.07, 6.45) is 3.53. The lowest BCUT2D eigenvalue weighted by atomic mass is 10.1. The maximum absolute atomic E-state index is 12.7. The summed E-state index contributed by atoms with van der Waals surface area (Å²) in [6.45, 7) is 6.29. The fourth-order valence-corrected chi connectivity index (χ4v) is 3.02. The summed E-state index contributed by atoms with van der Waals surface area (Å²) in [5.74, 6) is 0. The van der Waals surface area contributed by atoms with E-state index in [-0.39, 0.29) is 12.1 Å². The van der Waals surface area contributed by atoms with Crippen LogP contribution in [0.2, 0.25) is 0 Å². The molecule has 6 heteroatoms. The molecule has 3 rings (SSSR count). The number of hydrogen-bond donors (Lipinski definition) is 1. The minimum Gasteiger partial charge on any atom is -0.372 e. The molecular formula is C17H23N5O. The molecule has 1 aromatic carbocycles. The molecular weight excluding hydrogens is 290 g/mol. The number of urea groups is 1. The SMILES string of the molecule is CCn1cc(NC(=O)N2Cc3ccccc3N(C)C[C@H]2C)cn1. The van der Waals surface area contributed by atoms with Crippen LogP contribution in [0.15, 0.2) is 36.7 Å². The Bertz CT molecular complexity index is 696. The van der Waals surface area contributed by atoms with Crippen molar-refractivity contribution in [2.45, 2.75) is 33.0 Å². The number of para-hydroxylation sites is 1. The molecule has 1 N–H and O–H groups in total. The molecule has 0 unspecified atom stereocenters. The van der Waals surface area contributed by atoms with E-state index in [0.29, 0.717) is 6.54 Å². The van der Waals surface area contributed by atoms with Gasteiger partial charge in [0.1, 0.15) is 0 Å². The van der Waals surface area contributed by atoms with Crippen LogP contribution in [0.4, 0.5) is 16.2 Å². The number of nitrogens with one attached hydrogen (secondary N) is 1. The molecule has 0 saturated heterocycles. The molecule has 0 spiro atoms. The Hall–Kier alpha value is -2.50. The molecule has 0 bridgehead atoms. The quantitative estimate of drug-likeness (QED) is 0.927. The van der Waals surface area contributed by atoms with Crippen molar-refractivity contribution in [3.63, 3.8) is 0 Å². The summed E-state index contributed by atoms with van der Waals surface area (Å²) in [7, 11) is 2.07. The fraction of sp³-hybridized carbons (Fsp3) is 0.412. The Morgan fingerprint density at radius 2 is 2.17 bits per heavy atom. The van der Waals surface area contributed by atoms with Gasteiger partial charge in [-0.2, -0.15) is 5.10 Å². The lowest BCUT2D eigenvalue weighted by Crippen LogP contribution is -2.44. The van der Waals surface area contributed by atoms with Crippen LogP contribution in [-0.2, 0) is 13.1 Å². The predicted octanol–water partition coefficient (Wildman–Crippen LogP) is 2.78. The first kappa shape index (κ1) is 15.4. The summed E-state index contributed by atoms with van der Waals surface area (Å²) in [5.41, 5.74) is 3.09. The molecule has 122 valence electrons. The number of fused-ring (bicyclic) bond motifs is 1. The van der Waals surface area contributed by atoms with Crippen LogP contribution in [0.25, 0.3) is 0 Å². The normalized spacial score (nSPS) is 17.6. The van der Waals surface area contributed by atoms with Gasteiger partial charge in [0.15, 0.2) is 0 Å². The lowest BCUT2D eigenvalue weighted by Gasteiger charge is -2.28. The third kappa shape index (κ3) is 3.16. The third-order valence-electron chi connectivity index (χ3n) is 4.28. The summed E-state index contributed by atoms with van der Waals surface area (Å²) in [4.78, 5) is 16.8. The second-order valence-electron chi connectivity index (χ2n) is 6.00. The average molecular weight is 313 g/mol. The van der Waals surface area contributed by atoms with E-state index in [1.807, 2.05) is 30.2 Å². The highest BCUT2D eigenvalue weighted by Gasteiger charge is 2.27.